The van der Waals surface area contributed by atoms with Crippen molar-refractivity contribution in [2.45, 2.75) is 137 Å². The minimum absolute atomic E-state index is 0.581. The zero-order valence-corrected chi connectivity index (χ0v) is 23.8. The second kappa shape index (κ2) is 17.8. The second-order valence-electron chi connectivity index (χ2n) is 9.79. The van der Waals surface area contributed by atoms with E-state index in [0.29, 0.717) is 0 Å². The van der Waals surface area contributed by atoms with E-state index in [4.69, 9.17) is 0 Å². The van der Waals surface area contributed by atoms with Crippen LogP contribution >= 0.6 is 15.1 Å². The van der Waals surface area contributed by atoms with Gasteiger partial charge in [0.05, 0.1) is 24.6 Å². The van der Waals surface area contributed by atoms with E-state index in [1.54, 1.807) is 24.6 Å². The van der Waals surface area contributed by atoms with Crippen molar-refractivity contribution in [2.75, 3.05) is 24.6 Å². The SMILES string of the molecule is CCCCCCCCCCCCCCCC[P+](CCC)(CCC)CCC.F[P-](F)(F)(F)(F)F. The quantitative estimate of drug-likeness (QED) is 0.0786. The molecule has 0 rings (SSSR count). The molecule has 0 aromatic rings. The molecule has 0 aromatic heterocycles. The van der Waals surface area contributed by atoms with Crippen LogP contribution < -0.4 is 0 Å². The van der Waals surface area contributed by atoms with E-state index < -0.39 is 15.1 Å². The molecule has 0 atom stereocenters. The number of hydrogen-bond acceptors (Lipinski definition) is 0. The Bertz CT molecular complexity index is 408. The molecule has 0 saturated heterocycles. The van der Waals surface area contributed by atoms with Crippen molar-refractivity contribution < 1.29 is 25.2 Å². The van der Waals surface area contributed by atoms with Crippen molar-refractivity contribution in [3.8, 4) is 0 Å². The van der Waals surface area contributed by atoms with Crippen molar-refractivity contribution >= 4 is 15.1 Å². The summed E-state index contributed by atoms with van der Waals surface area (Å²) in [4.78, 5) is 0. The van der Waals surface area contributed by atoms with E-state index in [1.807, 2.05) is 0 Å². The van der Waals surface area contributed by atoms with Crippen LogP contribution in [0.15, 0.2) is 0 Å². The first-order chi connectivity index (χ1) is 15.2. The van der Waals surface area contributed by atoms with Gasteiger partial charge in [-0.15, -0.1) is 0 Å². The Balaban J connectivity index is 0. The van der Waals surface area contributed by atoms with E-state index in [9.17, 15) is 25.2 Å². The molecule has 0 aliphatic heterocycles. The number of unbranched alkanes of at least 4 members (excludes halogenated alkanes) is 13. The van der Waals surface area contributed by atoms with Crippen LogP contribution in [0.5, 0.6) is 0 Å². The van der Waals surface area contributed by atoms with Gasteiger partial charge in [-0.1, -0.05) is 105 Å². The Labute approximate surface area is 202 Å². The maximum absolute atomic E-state index is 10.7. The van der Waals surface area contributed by atoms with Crippen molar-refractivity contribution in [1.29, 1.82) is 0 Å². The van der Waals surface area contributed by atoms with Gasteiger partial charge in [0, 0.05) is 7.26 Å². The van der Waals surface area contributed by atoms with Crippen LogP contribution in [0.4, 0.5) is 25.2 Å². The Kier molecular flexibility index (Phi) is 19.2. The second-order valence-corrected chi connectivity index (χ2v) is 16.2. The van der Waals surface area contributed by atoms with Gasteiger partial charge in [0.15, 0.2) is 0 Å². The number of hydrogen-bond donors (Lipinski definition) is 0. The molecule has 0 radical (unpaired) electrons. The molecule has 0 aliphatic rings. The van der Waals surface area contributed by atoms with Crippen LogP contribution in [0, 0.1) is 0 Å². The van der Waals surface area contributed by atoms with Crippen molar-refractivity contribution in [1.82, 2.24) is 0 Å². The molecule has 33 heavy (non-hydrogen) atoms. The predicted molar refractivity (Wildman–Crippen MR) is 141 cm³/mol. The Hall–Kier alpha value is 0.440. The molecule has 0 spiro atoms. The Morgan fingerprint density at radius 3 is 0.848 bits per heavy atom. The summed E-state index contributed by atoms with van der Waals surface area (Å²) < 4.78 is 59.2. The average Bonchev–Trinajstić information content (AvgIpc) is 2.66. The summed E-state index contributed by atoms with van der Waals surface area (Å²) in [6.07, 6.45) is 31.4. The molecule has 0 bridgehead atoms. The van der Waals surface area contributed by atoms with E-state index >= 15 is 0 Å². The summed E-state index contributed by atoms with van der Waals surface area (Å²) in [5.41, 5.74) is 0. The summed E-state index contributed by atoms with van der Waals surface area (Å²) in [6, 6.07) is 0. The fourth-order valence-electron chi connectivity index (χ4n) is 4.74. The summed E-state index contributed by atoms with van der Waals surface area (Å²) in [5, 5.41) is 0. The fraction of sp³-hybridized carbons (Fsp3) is 1.00. The molecule has 0 saturated carbocycles. The third kappa shape index (κ3) is 34.7. The van der Waals surface area contributed by atoms with Gasteiger partial charge in [-0.2, -0.15) is 0 Å². The van der Waals surface area contributed by atoms with Crippen LogP contribution in [0.1, 0.15) is 137 Å². The minimum atomic E-state index is -10.7. The van der Waals surface area contributed by atoms with Crippen LogP contribution in [0.2, 0.25) is 0 Å². The molecule has 0 fully saturated rings. The molecule has 8 heteroatoms. The normalized spacial score (nSPS) is 14.4. The molecule has 0 nitrogen and oxygen atoms in total. The van der Waals surface area contributed by atoms with Gasteiger partial charge in [0.2, 0.25) is 0 Å². The van der Waals surface area contributed by atoms with E-state index in [1.165, 1.54) is 109 Å². The molecule has 206 valence electrons. The summed E-state index contributed by atoms with van der Waals surface area (Å²) in [7, 11) is -11.2. The van der Waals surface area contributed by atoms with Crippen molar-refractivity contribution in [3.05, 3.63) is 0 Å². The van der Waals surface area contributed by atoms with E-state index in [0.717, 1.165) is 0 Å². The third-order valence-corrected chi connectivity index (χ3v) is 11.5. The first kappa shape index (κ1) is 35.6. The van der Waals surface area contributed by atoms with Crippen LogP contribution in [-0.2, 0) is 0 Å². The van der Waals surface area contributed by atoms with Crippen molar-refractivity contribution in [2.24, 2.45) is 0 Å². The van der Waals surface area contributed by atoms with Crippen LogP contribution in [0.25, 0.3) is 0 Å². The molecular formula is C25H54F6P2. The topological polar surface area (TPSA) is 0 Å². The van der Waals surface area contributed by atoms with Gasteiger partial charge in [0.25, 0.3) is 0 Å². The number of halogens is 6. The molecule has 0 amide bonds. The molecule has 0 heterocycles. The Morgan fingerprint density at radius 1 is 0.364 bits per heavy atom. The average molecular weight is 531 g/mol. The Morgan fingerprint density at radius 2 is 0.606 bits per heavy atom. The summed E-state index contributed by atoms with van der Waals surface area (Å²) in [5.74, 6) is 0. The first-order valence-corrected chi connectivity index (χ1v) is 18.2. The van der Waals surface area contributed by atoms with Crippen LogP contribution in [-0.4, -0.2) is 24.6 Å². The van der Waals surface area contributed by atoms with Gasteiger partial charge >= 0.3 is 33.0 Å². The van der Waals surface area contributed by atoms with E-state index in [2.05, 4.69) is 27.7 Å². The van der Waals surface area contributed by atoms with Gasteiger partial charge in [0.1, 0.15) is 0 Å². The van der Waals surface area contributed by atoms with Gasteiger partial charge < -0.3 is 0 Å². The summed E-state index contributed by atoms with van der Waals surface area (Å²) >= 11 is 0. The van der Waals surface area contributed by atoms with Gasteiger partial charge in [-0.3, -0.25) is 0 Å². The third-order valence-electron chi connectivity index (χ3n) is 6.08. The van der Waals surface area contributed by atoms with Crippen molar-refractivity contribution in [3.63, 3.8) is 0 Å². The molecule has 0 aliphatic carbocycles. The summed E-state index contributed by atoms with van der Waals surface area (Å²) in [6.45, 7) is 9.53. The monoisotopic (exact) mass is 530 g/mol. The fourth-order valence-corrected chi connectivity index (χ4v) is 9.82. The standard InChI is InChI=1S/C25H54P.F6P/c1-5-9-10-11-12-13-14-15-16-17-18-19-20-21-25-26(22-6-2,23-7-3)24-8-4;1-7(2,3,4,5)6/h5-25H2,1-4H3;/q+1;-1. The zero-order chi connectivity index (χ0) is 25.8. The van der Waals surface area contributed by atoms with Crippen LogP contribution in [0.3, 0.4) is 0 Å². The maximum atomic E-state index is 9.87. The molecule has 0 aromatic carbocycles. The van der Waals surface area contributed by atoms with Gasteiger partial charge in [-0.05, 0) is 32.1 Å². The van der Waals surface area contributed by atoms with Gasteiger partial charge in [-0.25, -0.2) is 0 Å². The zero-order valence-electron chi connectivity index (χ0n) is 22.0. The molecule has 0 N–H and O–H groups in total. The molecular weight excluding hydrogens is 476 g/mol. The van der Waals surface area contributed by atoms with E-state index in [-0.39, 0.29) is 0 Å². The first-order valence-electron chi connectivity index (χ1n) is 13.6. The predicted octanol–water partition coefficient (Wildman–Crippen LogP) is 13.1. The molecule has 0 unspecified atom stereocenters. The number of rotatable bonds is 21.